The molecule has 1 aliphatic carbocycles. The summed E-state index contributed by atoms with van der Waals surface area (Å²) in [5.41, 5.74) is 0. The van der Waals surface area contributed by atoms with E-state index in [9.17, 15) is 4.79 Å². The van der Waals surface area contributed by atoms with E-state index in [1.807, 2.05) is 6.92 Å². The minimum absolute atomic E-state index is 0.146. The van der Waals surface area contributed by atoms with Gasteiger partial charge in [-0.05, 0) is 6.42 Å². The zero-order chi connectivity index (χ0) is 8.43. The number of aliphatic hydroxyl groups excluding tert-OH is 1. The van der Waals surface area contributed by atoms with Gasteiger partial charge in [-0.1, -0.05) is 6.92 Å². The molecule has 3 heteroatoms. The van der Waals surface area contributed by atoms with Gasteiger partial charge in [-0.2, -0.15) is 0 Å². The number of allylic oxidation sites excluding steroid dienone is 1. The summed E-state index contributed by atoms with van der Waals surface area (Å²) in [6.45, 7) is 1.92. The second-order valence-corrected chi connectivity index (χ2v) is 2.81. The Kier molecular flexibility index (Phi) is 2.29. The molecule has 3 nitrogen and oxygen atoms in total. The van der Waals surface area contributed by atoms with Crippen LogP contribution in [0.2, 0.25) is 0 Å². The smallest absolute Gasteiger partial charge is 0.187 e. The Bertz CT molecular complexity index is 196. The molecule has 0 amide bonds. The molecule has 62 valence electrons. The number of hydrogen-bond donors (Lipinski definition) is 1. The average Bonchev–Trinajstić information content (AvgIpc) is 1.97. The van der Waals surface area contributed by atoms with Crippen LogP contribution in [0, 0.1) is 5.92 Å². The fourth-order valence-corrected chi connectivity index (χ4v) is 1.21. The first kappa shape index (κ1) is 8.27. The second-order valence-electron chi connectivity index (χ2n) is 2.81. The van der Waals surface area contributed by atoms with Crippen molar-refractivity contribution in [1.29, 1.82) is 0 Å². The molecular weight excluding hydrogens is 144 g/mol. The fraction of sp³-hybridized carbons (Fsp3) is 0.625. The number of hydrogen-bond acceptors (Lipinski definition) is 3. The number of ketones is 1. The molecule has 0 spiro atoms. The second kappa shape index (κ2) is 3.05. The normalized spacial score (nSPS) is 31.5. The van der Waals surface area contributed by atoms with Crippen molar-refractivity contribution in [2.45, 2.75) is 19.4 Å². The highest BCUT2D eigenvalue weighted by atomic mass is 16.5. The summed E-state index contributed by atoms with van der Waals surface area (Å²) in [5, 5.41) is 9.11. The molecule has 0 aromatic carbocycles. The number of ether oxygens (including phenoxy) is 1. The molecule has 1 rings (SSSR count). The lowest BCUT2D eigenvalue weighted by Gasteiger charge is -2.21. The lowest BCUT2D eigenvalue weighted by atomic mass is 9.92. The molecule has 1 N–H and O–H groups in total. The van der Waals surface area contributed by atoms with Crippen LogP contribution >= 0.6 is 0 Å². The van der Waals surface area contributed by atoms with Crippen molar-refractivity contribution in [2.75, 3.05) is 7.11 Å². The summed E-state index contributed by atoms with van der Waals surface area (Å²) < 4.78 is 4.95. The predicted molar refractivity (Wildman–Crippen MR) is 39.9 cm³/mol. The van der Waals surface area contributed by atoms with Crippen molar-refractivity contribution in [3.8, 4) is 0 Å². The maximum atomic E-state index is 10.9. The summed E-state index contributed by atoms with van der Waals surface area (Å²) in [7, 11) is 1.54. The third kappa shape index (κ3) is 1.60. The van der Waals surface area contributed by atoms with Crippen molar-refractivity contribution in [1.82, 2.24) is 0 Å². The van der Waals surface area contributed by atoms with E-state index in [4.69, 9.17) is 9.84 Å². The molecule has 0 fully saturated rings. The van der Waals surface area contributed by atoms with Gasteiger partial charge in [0.25, 0.3) is 0 Å². The van der Waals surface area contributed by atoms with Gasteiger partial charge in [-0.3, -0.25) is 4.79 Å². The van der Waals surface area contributed by atoms with E-state index in [0.29, 0.717) is 12.2 Å². The number of carbonyl (C=O) groups excluding carboxylic acids is 1. The average molecular weight is 156 g/mol. The fourth-order valence-electron chi connectivity index (χ4n) is 1.21. The monoisotopic (exact) mass is 156 g/mol. The van der Waals surface area contributed by atoms with Gasteiger partial charge in [0.1, 0.15) is 11.9 Å². The Morgan fingerprint density at radius 2 is 2.36 bits per heavy atom. The molecule has 0 aromatic rings. The molecule has 0 bridgehead atoms. The van der Waals surface area contributed by atoms with E-state index in [-0.39, 0.29) is 11.7 Å². The highest BCUT2D eigenvalue weighted by Crippen LogP contribution is 2.22. The lowest BCUT2D eigenvalue weighted by Crippen LogP contribution is -2.27. The van der Waals surface area contributed by atoms with E-state index in [1.165, 1.54) is 13.2 Å². The minimum Gasteiger partial charge on any atom is -0.501 e. The first-order chi connectivity index (χ1) is 5.15. The quantitative estimate of drug-likeness (QED) is 0.601. The molecule has 0 heterocycles. The Hall–Kier alpha value is -0.830. The highest BCUT2D eigenvalue weighted by Gasteiger charge is 2.25. The van der Waals surface area contributed by atoms with Crippen molar-refractivity contribution in [2.24, 2.45) is 5.92 Å². The molecule has 1 aliphatic rings. The van der Waals surface area contributed by atoms with Crippen molar-refractivity contribution >= 4 is 5.78 Å². The molecule has 2 unspecified atom stereocenters. The topological polar surface area (TPSA) is 46.5 Å². The van der Waals surface area contributed by atoms with Crippen LogP contribution in [0.25, 0.3) is 0 Å². The van der Waals surface area contributed by atoms with Crippen LogP contribution in [0.1, 0.15) is 13.3 Å². The van der Waals surface area contributed by atoms with Crippen molar-refractivity contribution < 1.29 is 14.6 Å². The number of methoxy groups -OCH3 is 1. The summed E-state index contributed by atoms with van der Waals surface area (Å²) in [6.07, 6.45) is 1.01. The van der Waals surface area contributed by atoms with Crippen LogP contribution in [-0.4, -0.2) is 24.1 Å². The van der Waals surface area contributed by atoms with Gasteiger partial charge in [-0.15, -0.1) is 0 Å². The molecule has 0 saturated heterocycles. The molecule has 0 aromatic heterocycles. The summed E-state index contributed by atoms with van der Waals surface area (Å²) in [4.78, 5) is 10.9. The third-order valence-corrected chi connectivity index (χ3v) is 1.91. The minimum atomic E-state index is -0.830. The van der Waals surface area contributed by atoms with Crippen LogP contribution in [-0.2, 0) is 9.53 Å². The van der Waals surface area contributed by atoms with E-state index in [1.54, 1.807) is 0 Å². The Labute approximate surface area is 65.7 Å². The van der Waals surface area contributed by atoms with Gasteiger partial charge in [0, 0.05) is 12.0 Å². The number of rotatable bonds is 1. The van der Waals surface area contributed by atoms with E-state index < -0.39 is 6.10 Å². The number of carbonyl (C=O) groups is 1. The summed E-state index contributed by atoms with van der Waals surface area (Å²) >= 11 is 0. The molecule has 2 atom stereocenters. The SMILES string of the molecule is COC1=CC(=O)C(O)CC1C. The largest absolute Gasteiger partial charge is 0.501 e. The van der Waals surface area contributed by atoms with E-state index in [0.717, 1.165) is 0 Å². The Morgan fingerprint density at radius 1 is 1.73 bits per heavy atom. The zero-order valence-electron chi connectivity index (χ0n) is 6.70. The Morgan fingerprint density at radius 3 is 2.91 bits per heavy atom. The van der Waals surface area contributed by atoms with Gasteiger partial charge in [-0.25, -0.2) is 0 Å². The summed E-state index contributed by atoms with van der Waals surface area (Å²) in [6, 6.07) is 0. The van der Waals surface area contributed by atoms with Crippen LogP contribution in [0.5, 0.6) is 0 Å². The van der Waals surface area contributed by atoms with Gasteiger partial charge in [0.15, 0.2) is 5.78 Å². The summed E-state index contributed by atoms with van der Waals surface area (Å²) in [5.74, 6) is 0.563. The predicted octanol–water partition coefficient (Wildman–Crippen LogP) is 0.486. The van der Waals surface area contributed by atoms with Gasteiger partial charge < -0.3 is 9.84 Å². The molecule has 0 saturated carbocycles. The van der Waals surface area contributed by atoms with Crippen LogP contribution < -0.4 is 0 Å². The first-order valence-electron chi connectivity index (χ1n) is 3.62. The highest BCUT2D eigenvalue weighted by molar-refractivity contribution is 5.94. The van der Waals surface area contributed by atoms with Crippen molar-refractivity contribution in [3.05, 3.63) is 11.8 Å². The first-order valence-corrected chi connectivity index (χ1v) is 3.62. The molecule has 11 heavy (non-hydrogen) atoms. The third-order valence-electron chi connectivity index (χ3n) is 1.91. The van der Waals surface area contributed by atoms with Crippen LogP contribution in [0.4, 0.5) is 0 Å². The van der Waals surface area contributed by atoms with E-state index >= 15 is 0 Å². The number of aliphatic hydroxyl groups is 1. The van der Waals surface area contributed by atoms with Crippen LogP contribution in [0.15, 0.2) is 11.8 Å². The standard InChI is InChI=1S/C8H12O3/c1-5-3-6(9)7(10)4-8(5)11-2/h4-6,9H,3H2,1-2H3. The van der Waals surface area contributed by atoms with Gasteiger partial charge >= 0.3 is 0 Å². The van der Waals surface area contributed by atoms with Gasteiger partial charge in [0.05, 0.1) is 7.11 Å². The maximum absolute atomic E-state index is 10.9. The Balaban J connectivity index is 2.79. The molecule has 0 aliphatic heterocycles. The lowest BCUT2D eigenvalue weighted by molar-refractivity contribution is -0.124. The van der Waals surface area contributed by atoms with Crippen molar-refractivity contribution in [3.63, 3.8) is 0 Å². The van der Waals surface area contributed by atoms with Gasteiger partial charge in [0.2, 0.25) is 0 Å². The molecule has 0 radical (unpaired) electrons. The maximum Gasteiger partial charge on any atom is 0.187 e. The van der Waals surface area contributed by atoms with Crippen LogP contribution in [0.3, 0.4) is 0 Å². The molecular formula is C8H12O3. The van der Waals surface area contributed by atoms with E-state index in [2.05, 4.69) is 0 Å². The zero-order valence-corrected chi connectivity index (χ0v) is 6.70.